The molecule has 3 aliphatic rings. The van der Waals surface area contributed by atoms with Gasteiger partial charge in [-0.25, -0.2) is 54.0 Å². The summed E-state index contributed by atoms with van der Waals surface area (Å²) >= 11 is 0. The highest BCUT2D eigenvalue weighted by Crippen LogP contribution is 2.64. The number of anilines is 3. The molecule has 0 amide bonds. The van der Waals surface area contributed by atoms with Gasteiger partial charge in [-0.2, -0.15) is 4.31 Å². The van der Waals surface area contributed by atoms with E-state index >= 15 is 0 Å². The van der Waals surface area contributed by atoms with Crippen LogP contribution >= 0.6 is 15.6 Å². The molecule has 0 aliphatic carbocycles. The summed E-state index contributed by atoms with van der Waals surface area (Å²) in [5, 5.41) is 65.4. The Morgan fingerprint density at radius 2 is 0.825 bits per heavy atom. The Morgan fingerprint density at radius 1 is 0.508 bits per heavy atom. The zero-order chi connectivity index (χ0) is 44.5. The smallest absolute Gasteiger partial charge is 0.387 e. The van der Waals surface area contributed by atoms with Crippen molar-refractivity contribution < 1.29 is 76.8 Å². The molecular weight excluding hydrogens is 888 g/mol. The Hall–Kier alpha value is -5.05. The Labute approximate surface area is 350 Å². The second-order valence-electron chi connectivity index (χ2n) is 14.3. The number of ether oxygens (including phenoxy) is 3. The normalized spacial score (nSPS) is 31.9. The number of aliphatic hydroxyl groups is 6. The van der Waals surface area contributed by atoms with Crippen molar-refractivity contribution in [1.29, 1.82) is 0 Å². The van der Waals surface area contributed by atoms with Gasteiger partial charge in [-0.05, 0) is 0 Å². The molecule has 3 saturated heterocycles. The van der Waals surface area contributed by atoms with Crippen molar-refractivity contribution in [3.8, 4) is 0 Å². The minimum absolute atomic E-state index is 0.0160. The van der Waals surface area contributed by atoms with Crippen molar-refractivity contribution in [3.05, 3.63) is 38.0 Å². The molecule has 13 atom stereocenters. The first-order valence-corrected chi connectivity index (χ1v) is 21.4. The van der Waals surface area contributed by atoms with Crippen LogP contribution in [0.4, 0.5) is 17.5 Å². The summed E-state index contributed by atoms with van der Waals surface area (Å²) in [6.45, 7) is -2.88. The maximum Gasteiger partial charge on any atom is 0.483 e. The third-order valence-electron chi connectivity index (χ3n) is 10.4. The lowest BCUT2D eigenvalue weighted by Crippen LogP contribution is -2.34. The van der Waals surface area contributed by atoms with Crippen LogP contribution in [0.25, 0.3) is 33.5 Å². The van der Waals surface area contributed by atoms with E-state index in [1.54, 1.807) is 0 Å². The molecule has 6 aromatic rings. The van der Waals surface area contributed by atoms with Gasteiger partial charge < -0.3 is 66.9 Å². The second-order valence-corrected chi connectivity index (χ2v) is 17.5. The fourth-order valence-electron chi connectivity index (χ4n) is 7.19. The van der Waals surface area contributed by atoms with E-state index in [0.717, 1.165) is 19.0 Å². The minimum Gasteiger partial charge on any atom is -0.387 e. The Balaban J connectivity index is 0.915. The SMILES string of the molecule is Nc1ncnc2c1ncn2[C@@H]1O[C@H](COP(=O)(O)OP(=O)(OC[C@H]2O[C@@H](n3cnc4c(N)ncnc43)C(O)C2O)OC[C@H]2O[C@@H](n3cnc4c(N)ncnc43)C(O)C2O)C(O)C1O. The van der Waals surface area contributed by atoms with E-state index in [1.807, 2.05) is 0 Å². The molecule has 33 heteroatoms. The van der Waals surface area contributed by atoms with Crippen molar-refractivity contribution in [2.24, 2.45) is 0 Å². The van der Waals surface area contributed by atoms with Gasteiger partial charge >= 0.3 is 15.6 Å². The van der Waals surface area contributed by atoms with E-state index in [2.05, 4.69) is 44.9 Å². The van der Waals surface area contributed by atoms with Crippen molar-refractivity contribution in [2.45, 2.75) is 73.6 Å². The van der Waals surface area contributed by atoms with Crippen molar-refractivity contribution in [2.75, 3.05) is 37.0 Å². The van der Waals surface area contributed by atoms with E-state index < -0.39 is 109 Å². The number of hydrogen-bond donors (Lipinski definition) is 10. The summed E-state index contributed by atoms with van der Waals surface area (Å²) in [6, 6.07) is 0. The van der Waals surface area contributed by atoms with Crippen molar-refractivity contribution in [3.63, 3.8) is 0 Å². The molecule has 3 aliphatic heterocycles. The molecule has 0 spiro atoms. The van der Waals surface area contributed by atoms with Crippen LogP contribution in [-0.2, 0) is 41.2 Å². The fourth-order valence-corrected chi connectivity index (χ4v) is 9.84. The van der Waals surface area contributed by atoms with E-state index in [9.17, 15) is 44.7 Å². The first-order valence-electron chi connectivity index (χ1n) is 18.5. The lowest BCUT2D eigenvalue weighted by atomic mass is 10.1. The van der Waals surface area contributed by atoms with Gasteiger partial charge in [-0.1, -0.05) is 0 Å². The van der Waals surface area contributed by atoms with Gasteiger partial charge in [0.05, 0.1) is 38.8 Å². The fraction of sp³-hybridized carbons (Fsp3) is 0.500. The first kappa shape index (κ1) is 43.2. The summed E-state index contributed by atoms with van der Waals surface area (Å²) in [7, 11) is -11.1. The highest BCUT2D eigenvalue weighted by molar-refractivity contribution is 7.61. The van der Waals surface area contributed by atoms with Gasteiger partial charge in [0.15, 0.2) is 53.1 Å². The van der Waals surface area contributed by atoms with Gasteiger partial charge in [-0.3, -0.25) is 27.3 Å². The molecule has 31 nitrogen and oxygen atoms in total. The molecule has 9 heterocycles. The highest BCUT2D eigenvalue weighted by atomic mass is 31.3. The summed E-state index contributed by atoms with van der Waals surface area (Å²) in [6.07, 6.45) is -11.9. The summed E-state index contributed by atoms with van der Waals surface area (Å²) in [4.78, 5) is 46.9. The first-order chi connectivity index (χ1) is 30.0. The van der Waals surface area contributed by atoms with E-state index in [4.69, 9.17) is 49.3 Å². The average Bonchev–Trinajstić information content (AvgIpc) is 4.11. The number of phosphoric ester groups is 2. The lowest BCUT2D eigenvalue weighted by molar-refractivity contribution is -0.0621. The number of phosphoric acid groups is 2. The number of aromatic nitrogens is 12. The van der Waals surface area contributed by atoms with Crippen LogP contribution in [-0.4, -0.2) is 169 Å². The standard InChI is InChI=1S/C30H37N15O16P2/c31-22-13-25(37-4-34-22)43(7-40-13)28-19(49)16(46)10(58-28)1-55-62(52,53)61-63(54,56-2-11-17(47)20(50)29(59-11)44-8-41-14-23(32)35-5-38-26(14)44)57-3-12-18(48)21(51)30(60-12)45-9-42-15-24(33)36-6-39-27(15)45/h4-12,16-21,28-30,46-51H,1-3H2,(H,52,53)(H2,31,34,37)(H2,32,35,38)(H2,33,36,39)/t10-,11-,12-,16?,17?,18?,19?,20?,21?,28-,29-,30-,63?/m1/s1. The molecule has 7 unspecified atom stereocenters. The average molecular weight is 926 g/mol. The zero-order valence-electron chi connectivity index (χ0n) is 31.8. The van der Waals surface area contributed by atoms with E-state index in [1.165, 1.54) is 32.7 Å². The van der Waals surface area contributed by atoms with Crippen LogP contribution < -0.4 is 17.2 Å². The molecule has 63 heavy (non-hydrogen) atoms. The maximum atomic E-state index is 14.3. The van der Waals surface area contributed by atoms with Gasteiger partial charge in [0.25, 0.3) is 0 Å². The predicted octanol–water partition coefficient (Wildman–Crippen LogP) is -3.61. The third kappa shape index (κ3) is 7.86. The summed E-state index contributed by atoms with van der Waals surface area (Å²) < 4.78 is 69.6. The monoisotopic (exact) mass is 925 g/mol. The molecule has 0 saturated carbocycles. The number of fused-ring (bicyclic) bond motifs is 3. The van der Waals surface area contributed by atoms with E-state index in [-0.39, 0.29) is 50.9 Å². The number of aliphatic hydroxyl groups excluding tert-OH is 6. The third-order valence-corrected chi connectivity index (χ3v) is 13.4. The Morgan fingerprint density at radius 3 is 1.16 bits per heavy atom. The minimum atomic E-state index is -5.61. The largest absolute Gasteiger partial charge is 0.483 e. The van der Waals surface area contributed by atoms with Gasteiger partial charge in [0.1, 0.15) is 90.5 Å². The number of nitrogen functional groups attached to an aromatic ring is 3. The van der Waals surface area contributed by atoms with Crippen LogP contribution in [0.2, 0.25) is 0 Å². The summed E-state index contributed by atoms with van der Waals surface area (Å²) in [5.74, 6) is 0.0542. The zero-order valence-corrected chi connectivity index (χ0v) is 33.6. The molecule has 0 aromatic carbocycles. The maximum absolute atomic E-state index is 14.3. The lowest BCUT2D eigenvalue weighted by Gasteiger charge is -2.24. The van der Waals surface area contributed by atoms with Gasteiger partial charge in [-0.15, -0.1) is 0 Å². The highest BCUT2D eigenvalue weighted by Gasteiger charge is 2.51. The van der Waals surface area contributed by atoms with Gasteiger partial charge in [0, 0.05) is 0 Å². The molecule has 9 rings (SSSR count). The quantitative estimate of drug-likeness (QED) is 0.0472. The number of hydrogen-bond acceptors (Lipinski definition) is 27. The molecule has 0 radical (unpaired) electrons. The molecule has 0 bridgehead atoms. The number of nitrogens with zero attached hydrogens (tertiary/aromatic N) is 12. The summed E-state index contributed by atoms with van der Waals surface area (Å²) in [5.41, 5.74) is 18.4. The topological polar surface area (TPSA) is 449 Å². The molecule has 3 fully saturated rings. The van der Waals surface area contributed by atoms with Crippen molar-refractivity contribution in [1.82, 2.24) is 58.6 Å². The molecular formula is C30H37N15O16P2. The van der Waals surface area contributed by atoms with E-state index in [0.29, 0.717) is 0 Å². The Kier molecular flexibility index (Phi) is 11.3. The number of imidazole rings is 3. The number of nitrogens with two attached hydrogens (primary N) is 3. The molecule has 6 aromatic heterocycles. The van der Waals surface area contributed by atoms with Crippen LogP contribution in [0.1, 0.15) is 18.7 Å². The van der Waals surface area contributed by atoms with Crippen LogP contribution in [0.15, 0.2) is 38.0 Å². The number of rotatable bonds is 14. The van der Waals surface area contributed by atoms with Crippen LogP contribution in [0.5, 0.6) is 0 Å². The van der Waals surface area contributed by atoms with Crippen molar-refractivity contribution >= 4 is 66.6 Å². The Bertz CT molecular complexity index is 2630. The molecule has 338 valence electrons. The second kappa shape index (κ2) is 16.5. The van der Waals surface area contributed by atoms with Gasteiger partial charge in [0.2, 0.25) is 0 Å². The van der Waals surface area contributed by atoms with Crippen LogP contribution in [0, 0.1) is 0 Å². The predicted molar refractivity (Wildman–Crippen MR) is 203 cm³/mol. The van der Waals surface area contributed by atoms with Crippen LogP contribution in [0.3, 0.4) is 0 Å². The molecule has 13 N–H and O–H groups in total.